The van der Waals surface area contributed by atoms with E-state index >= 15 is 0 Å². The molecule has 0 saturated carbocycles. The number of alkyl halides is 3. The number of unbranched alkanes of at least 4 members (excludes halogenated alkanes) is 1. The van der Waals surface area contributed by atoms with Crippen LogP contribution in [0.25, 0.3) is 0 Å². The van der Waals surface area contributed by atoms with Gasteiger partial charge in [0.15, 0.2) is 0 Å². The zero-order chi connectivity index (χ0) is 7.82. The van der Waals surface area contributed by atoms with E-state index in [2.05, 4.69) is 21.2 Å². The van der Waals surface area contributed by atoms with E-state index in [9.17, 15) is 8.78 Å². The fourth-order valence-electron chi connectivity index (χ4n) is 0.556. The molecular formula is C6H12BrF2N. The Balaban J connectivity index is 2.77. The van der Waals surface area contributed by atoms with Crippen LogP contribution >= 0.6 is 15.9 Å². The van der Waals surface area contributed by atoms with Crippen molar-refractivity contribution in [2.24, 2.45) is 0 Å². The van der Waals surface area contributed by atoms with Crippen LogP contribution in [-0.4, -0.2) is 24.8 Å². The van der Waals surface area contributed by atoms with Gasteiger partial charge in [0.25, 0.3) is 6.43 Å². The number of nitrogens with one attached hydrogen (secondary N) is 1. The average molecular weight is 216 g/mol. The molecule has 0 rings (SSSR count). The topological polar surface area (TPSA) is 12.0 Å². The first kappa shape index (κ1) is 10.3. The van der Waals surface area contributed by atoms with Gasteiger partial charge in [0.1, 0.15) is 0 Å². The van der Waals surface area contributed by atoms with Crippen molar-refractivity contribution in [1.29, 1.82) is 0 Å². The molecule has 0 radical (unpaired) electrons. The Morgan fingerprint density at radius 2 is 2.00 bits per heavy atom. The number of rotatable bonds is 6. The lowest BCUT2D eigenvalue weighted by molar-refractivity contribution is 0.146. The van der Waals surface area contributed by atoms with Crippen molar-refractivity contribution >= 4 is 15.9 Å². The zero-order valence-corrected chi connectivity index (χ0v) is 7.33. The highest BCUT2D eigenvalue weighted by Crippen LogP contribution is 1.92. The molecule has 0 heterocycles. The molecule has 0 aromatic carbocycles. The highest BCUT2D eigenvalue weighted by atomic mass is 79.9. The van der Waals surface area contributed by atoms with Gasteiger partial charge in [-0.15, -0.1) is 0 Å². The monoisotopic (exact) mass is 215 g/mol. The van der Waals surface area contributed by atoms with Crippen molar-refractivity contribution in [3.63, 3.8) is 0 Å². The standard InChI is InChI=1S/C6H12BrF2N/c7-3-1-2-4-10-5-6(8)9/h6,10H,1-5H2. The molecule has 0 spiro atoms. The van der Waals surface area contributed by atoms with E-state index in [4.69, 9.17) is 0 Å². The van der Waals surface area contributed by atoms with Crippen LogP contribution in [0.4, 0.5) is 8.78 Å². The summed E-state index contributed by atoms with van der Waals surface area (Å²) in [5, 5.41) is 3.60. The van der Waals surface area contributed by atoms with Gasteiger partial charge >= 0.3 is 0 Å². The minimum Gasteiger partial charge on any atom is -0.311 e. The lowest BCUT2D eigenvalue weighted by Gasteiger charge is -2.01. The molecule has 4 heteroatoms. The molecule has 0 aromatic rings. The molecule has 0 aromatic heterocycles. The molecule has 0 aliphatic rings. The second-order valence-electron chi connectivity index (χ2n) is 1.99. The summed E-state index contributed by atoms with van der Waals surface area (Å²) in [6, 6.07) is 0. The van der Waals surface area contributed by atoms with Crippen LogP contribution in [0, 0.1) is 0 Å². The smallest absolute Gasteiger partial charge is 0.250 e. The van der Waals surface area contributed by atoms with Gasteiger partial charge in [-0.05, 0) is 19.4 Å². The molecule has 62 valence electrons. The zero-order valence-electron chi connectivity index (χ0n) is 5.75. The lowest BCUT2D eigenvalue weighted by Crippen LogP contribution is -2.22. The van der Waals surface area contributed by atoms with Crippen LogP contribution in [0.5, 0.6) is 0 Å². The van der Waals surface area contributed by atoms with Gasteiger partial charge in [-0.2, -0.15) is 0 Å². The lowest BCUT2D eigenvalue weighted by atomic mass is 10.3. The van der Waals surface area contributed by atoms with Gasteiger partial charge in [-0.1, -0.05) is 15.9 Å². The molecule has 0 aliphatic heterocycles. The van der Waals surface area contributed by atoms with Crippen LogP contribution in [-0.2, 0) is 0 Å². The molecule has 10 heavy (non-hydrogen) atoms. The highest BCUT2D eigenvalue weighted by Gasteiger charge is 1.98. The predicted molar refractivity (Wildman–Crippen MR) is 41.9 cm³/mol. The van der Waals surface area contributed by atoms with Crippen LogP contribution < -0.4 is 5.32 Å². The maximum absolute atomic E-state index is 11.5. The fourth-order valence-corrected chi connectivity index (χ4v) is 0.952. The molecule has 0 unspecified atom stereocenters. The Kier molecular flexibility index (Phi) is 7.63. The largest absolute Gasteiger partial charge is 0.311 e. The summed E-state index contributed by atoms with van der Waals surface area (Å²) >= 11 is 3.25. The van der Waals surface area contributed by atoms with Crippen molar-refractivity contribution in [2.75, 3.05) is 18.4 Å². The van der Waals surface area contributed by atoms with Crippen molar-refractivity contribution in [1.82, 2.24) is 5.32 Å². The first-order chi connectivity index (χ1) is 4.77. The SMILES string of the molecule is FC(F)CNCCCCBr. The van der Waals surface area contributed by atoms with Crippen LogP contribution in [0.15, 0.2) is 0 Å². The van der Waals surface area contributed by atoms with E-state index < -0.39 is 6.43 Å². The van der Waals surface area contributed by atoms with Crippen molar-refractivity contribution in [3.05, 3.63) is 0 Å². The summed E-state index contributed by atoms with van der Waals surface area (Å²) in [5.74, 6) is 0. The number of hydrogen-bond donors (Lipinski definition) is 1. The van der Waals surface area contributed by atoms with Gasteiger partial charge in [-0.25, -0.2) is 8.78 Å². The Hall–Kier alpha value is 0.300. The molecule has 1 nitrogen and oxygen atoms in total. The molecule has 0 amide bonds. The molecule has 0 aliphatic carbocycles. The summed E-state index contributed by atoms with van der Waals surface area (Å²) in [4.78, 5) is 0. The van der Waals surface area contributed by atoms with E-state index in [0.29, 0.717) is 6.54 Å². The Morgan fingerprint density at radius 3 is 2.50 bits per heavy atom. The highest BCUT2D eigenvalue weighted by molar-refractivity contribution is 9.09. The molecule has 0 bridgehead atoms. The average Bonchev–Trinajstić information content (AvgIpc) is 1.87. The molecule has 0 atom stereocenters. The molecule has 0 fully saturated rings. The Morgan fingerprint density at radius 1 is 1.30 bits per heavy atom. The Labute approximate surface area is 68.3 Å². The first-order valence-corrected chi connectivity index (χ1v) is 4.44. The second kappa shape index (κ2) is 7.41. The quantitative estimate of drug-likeness (QED) is 0.529. The molecule has 1 N–H and O–H groups in total. The second-order valence-corrected chi connectivity index (χ2v) is 2.78. The van der Waals surface area contributed by atoms with Gasteiger partial charge in [0, 0.05) is 5.33 Å². The maximum Gasteiger partial charge on any atom is 0.250 e. The van der Waals surface area contributed by atoms with E-state index in [-0.39, 0.29) is 6.54 Å². The van der Waals surface area contributed by atoms with Crippen LogP contribution in [0.1, 0.15) is 12.8 Å². The third-order valence-corrected chi connectivity index (χ3v) is 1.60. The van der Waals surface area contributed by atoms with Gasteiger partial charge in [-0.3, -0.25) is 0 Å². The number of hydrogen-bond acceptors (Lipinski definition) is 1. The first-order valence-electron chi connectivity index (χ1n) is 3.32. The van der Waals surface area contributed by atoms with Crippen LogP contribution in [0.2, 0.25) is 0 Å². The summed E-state index contributed by atoms with van der Waals surface area (Å²) in [7, 11) is 0. The molecule has 0 saturated heterocycles. The van der Waals surface area contributed by atoms with Crippen molar-refractivity contribution < 1.29 is 8.78 Å². The summed E-state index contributed by atoms with van der Waals surface area (Å²) in [6.45, 7) is 0.512. The van der Waals surface area contributed by atoms with Gasteiger partial charge in [0.2, 0.25) is 0 Å². The predicted octanol–water partition coefficient (Wildman–Crippen LogP) is 2.02. The minimum absolute atomic E-state index is 0.178. The minimum atomic E-state index is -2.22. The maximum atomic E-state index is 11.5. The van der Waals surface area contributed by atoms with E-state index in [1.54, 1.807) is 0 Å². The van der Waals surface area contributed by atoms with Gasteiger partial charge < -0.3 is 5.32 Å². The third kappa shape index (κ3) is 8.30. The number of halogens is 3. The van der Waals surface area contributed by atoms with Crippen molar-refractivity contribution in [2.45, 2.75) is 19.3 Å². The fraction of sp³-hybridized carbons (Fsp3) is 1.00. The Bertz CT molecular complexity index is 70.8. The van der Waals surface area contributed by atoms with E-state index in [1.165, 1.54) is 0 Å². The normalized spacial score (nSPS) is 10.8. The van der Waals surface area contributed by atoms with E-state index in [1.807, 2.05) is 0 Å². The van der Waals surface area contributed by atoms with Gasteiger partial charge in [0.05, 0.1) is 6.54 Å². The van der Waals surface area contributed by atoms with Crippen LogP contribution in [0.3, 0.4) is 0 Å². The van der Waals surface area contributed by atoms with E-state index in [0.717, 1.165) is 18.2 Å². The summed E-state index contributed by atoms with van der Waals surface area (Å²) in [6.07, 6.45) is -0.224. The summed E-state index contributed by atoms with van der Waals surface area (Å²) < 4.78 is 22.9. The third-order valence-electron chi connectivity index (χ3n) is 1.04. The van der Waals surface area contributed by atoms with Crippen molar-refractivity contribution in [3.8, 4) is 0 Å². The summed E-state index contributed by atoms with van der Waals surface area (Å²) in [5.41, 5.74) is 0. The molecular weight excluding hydrogens is 204 g/mol.